The molecular formula is C42H45N3O. The molecule has 0 N–H and O–H groups in total. The maximum Gasteiger partial charge on any atom is 0.227 e. The number of benzene rings is 4. The van der Waals surface area contributed by atoms with E-state index in [0.29, 0.717) is 5.89 Å². The first kappa shape index (κ1) is 31.3. The van der Waals surface area contributed by atoms with E-state index >= 15 is 0 Å². The molecule has 0 aliphatic carbocycles. The Kier molecular flexibility index (Phi) is 7.88. The van der Waals surface area contributed by atoms with Crippen molar-refractivity contribution in [2.24, 2.45) is 0 Å². The van der Waals surface area contributed by atoms with E-state index in [4.69, 9.17) is 14.5 Å². The van der Waals surface area contributed by atoms with Gasteiger partial charge in [-0.05, 0) is 81.0 Å². The smallest absolute Gasteiger partial charge is 0.227 e. The Morgan fingerprint density at radius 1 is 0.609 bits per heavy atom. The Balaban J connectivity index is 1.36. The molecule has 0 atom stereocenters. The number of para-hydroxylation sites is 1. The quantitative estimate of drug-likeness (QED) is 0.196. The lowest BCUT2D eigenvalue weighted by atomic mass is 9.86. The third-order valence-electron chi connectivity index (χ3n) is 8.58. The van der Waals surface area contributed by atoms with Gasteiger partial charge in [0.25, 0.3) is 0 Å². The highest BCUT2D eigenvalue weighted by atomic mass is 16.3. The molecule has 2 heterocycles. The van der Waals surface area contributed by atoms with Gasteiger partial charge < -0.3 is 4.42 Å². The molecule has 0 spiro atoms. The predicted molar refractivity (Wildman–Crippen MR) is 193 cm³/mol. The summed E-state index contributed by atoms with van der Waals surface area (Å²) in [5.41, 5.74) is 11.8. The Bertz CT molecular complexity index is 2000. The van der Waals surface area contributed by atoms with Gasteiger partial charge in [-0.15, -0.1) is 0 Å². The second-order valence-electron chi connectivity index (χ2n) is 15.4. The monoisotopic (exact) mass is 607 g/mol. The van der Waals surface area contributed by atoms with E-state index < -0.39 is 0 Å². The molecule has 0 bridgehead atoms. The largest absolute Gasteiger partial charge is 0.436 e. The number of oxazole rings is 1. The molecule has 46 heavy (non-hydrogen) atoms. The van der Waals surface area contributed by atoms with Crippen molar-refractivity contribution in [2.75, 3.05) is 0 Å². The van der Waals surface area contributed by atoms with Crippen molar-refractivity contribution in [1.82, 2.24) is 14.8 Å². The summed E-state index contributed by atoms with van der Waals surface area (Å²) in [4.78, 5) is 4.92. The minimum absolute atomic E-state index is 0.0267. The minimum atomic E-state index is -0.0267. The third kappa shape index (κ3) is 6.48. The SMILES string of the molecule is CC(C)(C)c1ccc(C=Cc2cc(-c3ccc(C(C)(C)C)cc3)n(-c3ccc(-c4nc5c(C(C)(C)C)cccc5o4)cc3)n2)cc1. The van der Waals surface area contributed by atoms with Gasteiger partial charge in [0, 0.05) is 11.1 Å². The molecule has 0 aliphatic heterocycles. The zero-order valence-corrected chi connectivity index (χ0v) is 28.6. The summed E-state index contributed by atoms with van der Waals surface area (Å²) in [6, 6.07) is 34.3. The number of rotatable bonds is 5. The lowest BCUT2D eigenvalue weighted by Crippen LogP contribution is -2.11. The van der Waals surface area contributed by atoms with Gasteiger partial charge in [-0.3, -0.25) is 0 Å². The topological polar surface area (TPSA) is 43.9 Å². The highest BCUT2D eigenvalue weighted by molar-refractivity contribution is 5.81. The Morgan fingerprint density at radius 3 is 1.78 bits per heavy atom. The number of hydrogen-bond acceptors (Lipinski definition) is 3. The van der Waals surface area contributed by atoms with Crippen LogP contribution in [0.4, 0.5) is 0 Å². The summed E-state index contributed by atoms with van der Waals surface area (Å²) in [5.74, 6) is 0.623. The van der Waals surface area contributed by atoms with Gasteiger partial charge in [-0.2, -0.15) is 5.10 Å². The van der Waals surface area contributed by atoms with Crippen LogP contribution in [0.15, 0.2) is 101 Å². The Labute approximate surface area is 273 Å². The molecule has 2 aromatic heterocycles. The van der Waals surface area contributed by atoms with Crippen LogP contribution in [0.25, 0.3) is 51.7 Å². The minimum Gasteiger partial charge on any atom is -0.436 e. The van der Waals surface area contributed by atoms with Crippen LogP contribution in [0, 0.1) is 0 Å². The first-order chi connectivity index (χ1) is 21.7. The van der Waals surface area contributed by atoms with E-state index in [1.54, 1.807) is 0 Å². The van der Waals surface area contributed by atoms with Crippen molar-refractivity contribution in [3.05, 3.63) is 125 Å². The van der Waals surface area contributed by atoms with E-state index in [9.17, 15) is 0 Å². The molecule has 234 valence electrons. The van der Waals surface area contributed by atoms with E-state index in [-0.39, 0.29) is 16.2 Å². The molecule has 4 heteroatoms. The highest BCUT2D eigenvalue weighted by Crippen LogP contribution is 2.34. The highest BCUT2D eigenvalue weighted by Gasteiger charge is 2.21. The average molecular weight is 608 g/mol. The first-order valence-corrected chi connectivity index (χ1v) is 16.2. The zero-order chi connectivity index (χ0) is 32.9. The lowest BCUT2D eigenvalue weighted by Gasteiger charge is -2.19. The van der Waals surface area contributed by atoms with Gasteiger partial charge in [0.05, 0.1) is 17.1 Å². The van der Waals surface area contributed by atoms with Gasteiger partial charge in [0.1, 0.15) is 5.52 Å². The zero-order valence-electron chi connectivity index (χ0n) is 28.6. The number of aromatic nitrogens is 3. The van der Waals surface area contributed by atoms with Gasteiger partial charge in [0.15, 0.2) is 5.58 Å². The fourth-order valence-corrected chi connectivity index (χ4v) is 5.72. The first-order valence-electron chi connectivity index (χ1n) is 16.2. The molecule has 6 aromatic rings. The Hall–Kier alpha value is -4.70. The van der Waals surface area contributed by atoms with Gasteiger partial charge in [-0.25, -0.2) is 9.67 Å². The molecule has 0 amide bonds. The standard InChI is InChI=1S/C42H45N3O/c1-40(2,3)31-20-13-28(14-21-31)15-24-33-27-36(29-16-22-32(23-17-29)41(4,5)6)45(44-33)34-25-18-30(19-26-34)39-43-38-35(42(7,8)9)11-10-12-37(38)46-39/h10-27H,1-9H3. The fourth-order valence-electron chi connectivity index (χ4n) is 5.72. The number of fused-ring (bicyclic) bond motifs is 1. The summed E-state index contributed by atoms with van der Waals surface area (Å²) in [7, 11) is 0. The van der Waals surface area contributed by atoms with Crippen LogP contribution in [-0.2, 0) is 16.2 Å². The van der Waals surface area contributed by atoms with E-state index in [1.165, 1.54) is 16.7 Å². The maximum absolute atomic E-state index is 6.23. The summed E-state index contributed by atoms with van der Waals surface area (Å²) >= 11 is 0. The summed E-state index contributed by atoms with van der Waals surface area (Å²) in [5, 5.41) is 5.07. The number of nitrogens with zero attached hydrogens (tertiary/aromatic N) is 3. The van der Waals surface area contributed by atoms with Crippen LogP contribution in [0.5, 0.6) is 0 Å². The van der Waals surface area contributed by atoms with E-state index in [2.05, 4.69) is 159 Å². The summed E-state index contributed by atoms with van der Waals surface area (Å²) in [6.07, 6.45) is 4.23. The molecule has 0 fully saturated rings. The predicted octanol–water partition coefficient (Wildman–Crippen LogP) is 11.4. The van der Waals surface area contributed by atoms with Crippen molar-refractivity contribution < 1.29 is 4.42 Å². The van der Waals surface area contributed by atoms with Crippen molar-refractivity contribution in [3.63, 3.8) is 0 Å². The molecule has 0 radical (unpaired) electrons. The molecule has 0 aliphatic rings. The summed E-state index contributed by atoms with van der Waals surface area (Å²) < 4.78 is 8.26. The lowest BCUT2D eigenvalue weighted by molar-refractivity contribution is 0.590. The van der Waals surface area contributed by atoms with E-state index in [0.717, 1.165) is 44.9 Å². The fraction of sp³-hybridized carbons (Fsp3) is 0.286. The Morgan fingerprint density at radius 2 is 1.20 bits per heavy atom. The van der Waals surface area contributed by atoms with Crippen LogP contribution < -0.4 is 0 Å². The third-order valence-corrected chi connectivity index (χ3v) is 8.58. The molecule has 0 saturated carbocycles. The van der Waals surface area contributed by atoms with Crippen molar-refractivity contribution in [3.8, 4) is 28.4 Å². The molecule has 6 rings (SSSR count). The van der Waals surface area contributed by atoms with Gasteiger partial charge >= 0.3 is 0 Å². The average Bonchev–Trinajstić information content (AvgIpc) is 3.64. The van der Waals surface area contributed by atoms with Crippen LogP contribution in [0.3, 0.4) is 0 Å². The second-order valence-corrected chi connectivity index (χ2v) is 15.4. The molecule has 4 nitrogen and oxygen atoms in total. The van der Waals surface area contributed by atoms with Crippen molar-refractivity contribution in [2.45, 2.75) is 78.6 Å². The molecular weight excluding hydrogens is 562 g/mol. The summed E-state index contributed by atoms with van der Waals surface area (Å²) in [6.45, 7) is 20.1. The molecule has 0 unspecified atom stereocenters. The molecule has 4 aromatic carbocycles. The van der Waals surface area contributed by atoms with Gasteiger partial charge in [-0.1, -0.05) is 129 Å². The second kappa shape index (κ2) is 11.6. The van der Waals surface area contributed by atoms with Crippen molar-refractivity contribution in [1.29, 1.82) is 0 Å². The molecule has 0 saturated heterocycles. The van der Waals surface area contributed by atoms with Crippen LogP contribution in [-0.4, -0.2) is 14.8 Å². The maximum atomic E-state index is 6.23. The normalized spacial score (nSPS) is 12.8. The van der Waals surface area contributed by atoms with Gasteiger partial charge in [0.2, 0.25) is 5.89 Å². The van der Waals surface area contributed by atoms with Crippen LogP contribution >= 0.6 is 0 Å². The van der Waals surface area contributed by atoms with Crippen molar-refractivity contribution >= 4 is 23.3 Å². The van der Waals surface area contributed by atoms with Crippen LogP contribution in [0.1, 0.15) is 90.3 Å². The van der Waals surface area contributed by atoms with Crippen LogP contribution in [0.2, 0.25) is 0 Å². The van der Waals surface area contributed by atoms with E-state index in [1.807, 2.05) is 16.8 Å². The number of hydrogen-bond donors (Lipinski definition) is 0.